The van der Waals surface area contributed by atoms with E-state index in [0.717, 1.165) is 0 Å². The molecule has 0 fully saturated rings. The van der Waals surface area contributed by atoms with E-state index >= 15 is 0 Å². The fourth-order valence-corrected chi connectivity index (χ4v) is 0.436. The summed E-state index contributed by atoms with van der Waals surface area (Å²) in [5.74, 6) is 0. The third kappa shape index (κ3) is 1.17. The molecule has 5 heteroatoms. The minimum atomic E-state index is 1.45. The fourth-order valence-electron chi connectivity index (χ4n) is 0.436. The summed E-state index contributed by atoms with van der Waals surface area (Å²) in [5, 5.41) is 8.69. The van der Waals surface area contributed by atoms with Gasteiger partial charge in [0.05, 0.1) is 26.6 Å². The number of aromatic nitrogens is 3. The van der Waals surface area contributed by atoms with E-state index in [-0.39, 0.29) is 0 Å². The summed E-state index contributed by atoms with van der Waals surface area (Å²) in [6.07, 6.45) is 3.26. The lowest BCUT2D eigenvalue weighted by Crippen LogP contribution is -2.29. The maximum Gasteiger partial charge on any atom is 0.0716 e. The van der Waals surface area contributed by atoms with Crippen LogP contribution in [0.4, 0.5) is 0 Å². The number of hydroxylamine groups is 1. The third-order valence-electron chi connectivity index (χ3n) is 0.963. The van der Waals surface area contributed by atoms with Crippen molar-refractivity contribution in [3.63, 3.8) is 0 Å². The van der Waals surface area contributed by atoms with Crippen LogP contribution in [0.5, 0.6) is 0 Å². The Kier molecular flexibility index (Phi) is 1.64. The molecule has 0 N–H and O–H groups in total. The van der Waals surface area contributed by atoms with Crippen LogP contribution in [0.25, 0.3) is 0 Å². The van der Waals surface area contributed by atoms with Gasteiger partial charge in [0.25, 0.3) is 0 Å². The molecular weight excluding hydrogens is 120 g/mol. The van der Waals surface area contributed by atoms with Gasteiger partial charge in [-0.25, -0.2) is 0 Å². The maximum atomic E-state index is 4.79. The van der Waals surface area contributed by atoms with E-state index in [1.807, 2.05) is 0 Å². The monoisotopic (exact) mass is 128 g/mol. The highest BCUT2D eigenvalue weighted by atomic mass is 16.7. The van der Waals surface area contributed by atoms with E-state index in [4.69, 9.17) is 4.84 Å². The molecule has 0 aliphatic heterocycles. The lowest BCUT2D eigenvalue weighted by molar-refractivity contribution is 0.109. The Hall–Kier alpha value is -1.10. The second-order valence-corrected chi connectivity index (χ2v) is 1.47. The Bertz CT molecular complexity index is 161. The minimum Gasteiger partial charge on any atom is -0.260 e. The summed E-state index contributed by atoms with van der Waals surface area (Å²) in [6.45, 7) is 0. The average Bonchev–Trinajstić information content (AvgIpc) is 2.37. The van der Waals surface area contributed by atoms with Crippen LogP contribution < -0.4 is 5.17 Å². The molecule has 0 aromatic carbocycles. The summed E-state index contributed by atoms with van der Waals surface area (Å²) in [4.78, 5) is 6.26. The zero-order valence-electron chi connectivity index (χ0n) is 5.35. The Morgan fingerprint density at radius 3 is 2.89 bits per heavy atom. The van der Waals surface area contributed by atoms with Crippen molar-refractivity contribution in [3.8, 4) is 0 Å². The minimum absolute atomic E-state index is 1.45. The standard InChI is InChI=1S/C4H8N4O/c1-7(9-2)8-4-3-5-6-8/h3-4H,1-2H3. The molecule has 0 spiro atoms. The first-order chi connectivity index (χ1) is 4.34. The molecular formula is C4H8N4O. The molecule has 1 heterocycles. The largest absolute Gasteiger partial charge is 0.260 e. The van der Waals surface area contributed by atoms with E-state index in [1.54, 1.807) is 26.6 Å². The quantitative estimate of drug-likeness (QED) is 0.499. The molecule has 0 bridgehead atoms. The molecule has 1 aromatic rings. The molecule has 0 unspecified atom stereocenters. The second-order valence-electron chi connectivity index (χ2n) is 1.47. The topological polar surface area (TPSA) is 43.2 Å². The van der Waals surface area contributed by atoms with Crippen LogP contribution in [0.1, 0.15) is 0 Å². The maximum absolute atomic E-state index is 4.79. The van der Waals surface area contributed by atoms with Crippen LogP contribution in [-0.4, -0.2) is 29.3 Å². The van der Waals surface area contributed by atoms with Gasteiger partial charge in [0.1, 0.15) is 0 Å². The van der Waals surface area contributed by atoms with Gasteiger partial charge in [0.2, 0.25) is 0 Å². The SMILES string of the molecule is CON(C)n1ccnn1. The molecule has 0 saturated carbocycles. The highest BCUT2D eigenvalue weighted by Gasteiger charge is 1.93. The molecule has 0 aliphatic rings. The zero-order valence-corrected chi connectivity index (χ0v) is 5.35. The lowest BCUT2D eigenvalue weighted by atomic mass is 11.0. The second kappa shape index (κ2) is 2.45. The van der Waals surface area contributed by atoms with Gasteiger partial charge >= 0.3 is 0 Å². The predicted molar refractivity (Wildman–Crippen MR) is 31.2 cm³/mol. The molecule has 0 aliphatic carbocycles. The van der Waals surface area contributed by atoms with Crippen molar-refractivity contribution in [1.82, 2.24) is 15.1 Å². The Balaban J connectivity index is 2.65. The van der Waals surface area contributed by atoms with Crippen molar-refractivity contribution < 1.29 is 4.84 Å². The molecule has 0 radical (unpaired) electrons. The highest BCUT2D eigenvalue weighted by molar-refractivity contribution is 4.68. The van der Waals surface area contributed by atoms with Gasteiger partial charge < -0.3 is 0 Å². The summed E-state index contributed by atoms with van der Waals surface area (Å²) in [5.41, 5.74) is 0. The van der Waals surface area contributed by atoms with Crippen molar-refractivity contribution in [1.29, 1.82) is 0 Å². The molecule has 1 aromatic heterocycles. The first-order valence-corrected chi connectivity index (χ1v) is 2.49. The van der Waals surface area contributed by atoms with Crippen LogP contribution in [-0.2, 0) is 4.84 Å². The smallest absolute Gasteiger partial charge is 0.0716 e. The van der Waals surface area contributed by atoms with Crippen molar-refractivity contribution in [2.75, 3.05) is 19.3 Å². The molecule has 0 amide bonds. The van der Waals surface area contributed by atoms with Gasteiger partial charge in [-0.2, -0.15) is 5.17 Å². The fraction of sp³-hybridized carbons (Fsp3) is 0.500. The molecule has 1 rings (SSSR count). The number of hydrogen-bond acceptors (Lipinski definition) is 4. The third-order valence-corrected chi connectivity index (χ3v) is 0.963. The van der Waals surface area contributed by atoms with Gasteiger partial charge in [-0.05, 0) is 5.21 Å². The molecule has 0 saturated heterocycles. The Morgan fingerprint density at radius 2 is 2.44 bits per heavy atom. The van der Waals surface area contributed by atoms with Crippen molar-refractivity contribution >= 4 is 0 Å². The summed E-state index contributed by atoms with van der Waals surface area (Å²) < 4.78 is 0. The number of nitrogens with zero attached hydrogens (tertiary/aromatic N) is 4. The van der Waals surface area contributed by atoms with Gasteiger partial charge in [0.15, 0.2) is 0 Å². The van der Waals surface area contributed by atoms with E-state index in [2.05, 4.69) is 10.3 Å². The number of hydrogen-bond donors (Lipinski definition) is 0. The van der Waals surface area contributed by atoms with Crippen LogP contribution in [0.15, 0.2) is 12.4 Å². The summed E-state index contributed by atoms with van der Waals surface area (Å²) in [6, 6.07) is 0. The van der Waals surface area contributed by atoms with Crippen molar-refractivity contribution in [2.24, 2.45) is 0 Å². The van der Waals surface area contributed by atoms with Crippen LogP contribution in [0, 0.1) is 0 Å². The zero-order chi connectivity index (χ0) is 6.69. The van der Waals surface area contributed by atoms with Gasteiger partial charge in [0, 0.05) is 0 Å². The highest BCUT2D eigenvalue weighted by Crippen LogP contribution is 1.80. The normalized spacial score (nSPS) is 9.56. The predicted octanol–water partition coefficient (Wildman–Crippen LogP) is -0.593. The first kappa shape index (κ1) is 6.03. The summed E-state index contributed by atoms with van der Waals surface area (Å²) >= 11 is 0. The van der Waals surface area contributed by atoms with Crippen molar-refractivity contribution in [2.45, 2.75) is 0 Å². The van der Waals surface area contributed by atoms with E-state index in [9.17, 15) is 0 Å². The van der Waals surface area contributed by atoms with E-state index < -0.39 is 0 Å². The lowest BCUT2D eigenvalue weighted by Gasteiger charge is -2.12. The molecule has 9 heavy (non-hydrogen) atoms. The van der Waals surface area contributed by atoms with E-state index in [0.29, 0.717) is 0 Å². The van der Waals surface area contributed by atoms with Crippen LogP contribution in [0.3, 0.4) is 0 Å². The first-order valence-electron chi connectivity index (χ1n) is 2.49. The molecule has 0 atom stereocenters. The van der Waals surface area contributed by atoms with E-state index in [1.165, 1.54) is 9.96 Å². The number of rotatable bonds is 2. The van der Waals surface area contributed by atoms with Gasteiger partial charge in [-0.3, -0.25) is 4.84 Å². The van der Waals surface area contributed by atoms with Crippen LogP contribution in [0.2, 0.25) is 0 Å². The Morgan fingerprint density at radius 1 is 1.67 bits per heavy atom. The van der Waals surface area contributed by atoms with Crippen LogP contribution >= 0.6 is 0 Å². The van der Waals surface area contributed by atoms with Gasteiger partial charge in [-0.1, -0.05) is 0 Å². The Labute approximate surface area is 52.8 Å². The summed E-state index contributed by atoms with van der Waals surface area (Å²) in [7, 11) is 3.29. The van der Waals surface area contributed by atoms with Crippen molar-refractivity contribution in [3.05, 3.63) is 12.4 Å². The average molecular weight is 128 g/mol. The molecule has 5 nitrogen and oxygen atoms in total. The van der Waals surface area contributed by atoms with Gasteiger partial charge in [-0.15, -0.1) is 9.89 Å². The molecule has 50 valence electrons.